The third-order valence-electron chi connectivity index (χ3n) is 3.23. The van der Waals surface area contributed by atoms with Crippen LogP contribution >= 0.6 is 0 Å². The maximum atomic E-state index is 11.4. The number of carbonyl (C=O) groups excluding carboxylic acids is 1. The number of aryl methyl sites for hydroxylation is 1. The molecule has 6 heteroatoms. The van der Waals surface area contributed by atoms with Gasteiger partial charge in [0.25, 0.3) is 0 Å². The number of rotatable bonds is 3. The highest BCUT2D eigenvalue weighted by atomic mass is 16.5. The first-order chi connectivity index (χ1) is 8.69. The molecule has 1 aromatic rings. The number of hydrazine groups is 1. The lowest BCUT2D eigenvalue weighted by Crippen LogP contribution is -2.38. The van der Waals surface area contributed by atoms with Gasteiger partial charge in [0.05, 0.1) is 18.1 Å². The quantitative estimate of drug-likeness (QED) is 0.468. The van der Waals surface area contributed by atoms with Crippen LogP contribution in [0.3, 0.4) is 0 Å². The molecule has 0 spiro atoms. The maximum absolute atomic E-state index is 11.4. The molecule has 98 valence electrons. The van der Waals surface area contributed by atoms with Crippen LogP contribution in [0.1, 0.15) is 31.4 Å². The predicted molar refractivity (Wildman–Crippen MR) is 65.5 cm³/mol. The van der Waals surface area contributed by atoms with Gasteiger partial charge >= 0.3 is 0 Å². The van der Waals surface area contributed by atoms with Crippen molar-refractivity contribution in [2.45, 2.75) is 38.7 Å². The van der Waals surface area contributed by atoms with Gasteiger partial charge in [0.1, 0.15) is 6.10 Å². The van der Waals surface area contributed by atoms with E-state index in [2.05, 4.69) is 15.4 Å². The number of hydrogen-bond acceptors (Lipinski definition) is 5. The van der Waals surface area contributed by atoms with Crippen LogP contribution < -0.4 is 16.0 Å². The summed E-state index contributed by atoms with van der Waals surface area (Å²) in [5, 5.41) is 0. The first-order valence-electron chi connectivity index (χ1n) is 6.15. The first-order valence-corrected chi connectivity index (χ1v) is 6.15. The fourth-order valence-electron chi connectivity index (χ4n) is 2.17. The average Bonchev–Trinajstić information content (AvgIpc) is 2.41. The number of ether oxygens (including phenoxy) is 1. The Kier molecular flexibility index (Phi) is 4.09. The molecular formula is C12H18N4O2. The van der Waals surface area contributed by atoms with Crippen molar-refractivity contribution >= 4 is 5.91 Å². The molecule has 1 aliphatic carbocycles. The van der Waals surface area contributed by atoms with Crippen LogP contribution in [-0.4, -0.2) is 22.0 Å². The van der Waals surface area contributed by atoms with Gasteiger partial charge in [0.15, 0.2) is 0 Å². The SMILES string of the molecule is Cc1cnc(OC2CCC(C(=O)NN)CC2)cn1. The molecule has 0 aliphatic heterocycles. The Morgan fingerprint density at radius 3 is 2.61 bits per heavy atom. The lowest BCUT2D eigenvalue weighted by Gasteiger charge is -2.27. The van der Waals surface area contributed by atoms with E-state index >= 15 is 0 Å². The van der Waals surface area contributed by atoms with Gasteiger partial charge in [-0.2, -0.15) is 0 Å². The average molecular weight is 250 g/mol. The number of aromatic nitrogens is 2. The number of nitrogens with zero attached hydrogens (tertiary/aromatic N) is 2. The van der Waals surface area contributed by atoms with Crippen molar-refractivity contribution in [3.05, 3.63) is 18.1 Å². The largest absolute Gasteiger partial charge is 0.473 e. The topological polar surface area (TPSA) is 90.1 Å². The summed E-state index contributed by atoms with van der Waals surface area (Å²) in [6, 6.07) is 0. The Morgan fingerprint density at radius 1 is 1.33 bits per heavy atom. The van der Waals surface area contributed by atoms with Crippen molar-refractivity contribution in [2.75, 3.05) is 0 Å². The van der Waals surface area contributed by atoms with Crippen LogP contribution in [0.15, 0.2) is 12.4 Å². The molecule has 2 rings (SSSR count). The summed E-state index contributed by atoms with van der Waals surface area (Å²) in [4.78, 5) is 19.7. The van der Waals surface area contributed by atoms with Crippen molar-refractivity contribution in [2.24, 2.45) is 11.8 Å². The summed E-state index contributed by atoms with van der Waals surface area (Å²) in [6.45, 7) is 1.88. The van der Waals surface area contributed by atoms with E-state index in [-0.39, 0.29) is 17.9 Å². The van der Waals surface area contributed by atoms with Gasteiger partial charge in [-0.3, -0.25) is 15.2 Å². The molecule has 18 heavy (non-hydrogen) atoms. The second-order valence-corrected chi connectivity index (χ2v) is 4.60. The fourth-order valence-corrected chi connectivity index (χ4v) is 2.17. The lowest BCUT2D eigenvalue weighted by atomic mass is 9.87. The molecule has 0 radical (unpaired) electrons. The molecule has 1 aliphatic rings. The molecule has 0 atom stereocenters. The highest BCUT2D eigenvalue weighted by Gasteiger charge is 2.26. The van der Waals surface area contributed by atoms with Crippen LogP contribution in [0.2, 0.25) is 0 Å². The molecule has 1 heterocycles. The molecular weight excluding hydrogens is 232 g/mol. The summed E-state index contributed by atoms with van der Waals surface area (Å²) < 4.78 is 5.74. The highest BCUT2D eigenvalue weighted by Crippen LogP contribution is 2.26. The number of nitrogens with one attached hydrogen (secondary N) is 1. The first kappa shape index (κ1) is 12.8. The second-order valence-electron chi connectivity index (χ2n) is 4.60. The minimum absolute atomic E-state index is 0.0129. The summed E-state index contributed by atoms with van der Waals surface area (Å²) in [5.74, 6) is 5.61. The highest BCUT2D eigenvalue weighted by molar-refractivity contribution is 5.77. The van der Waals surface area contributed by atoms with Crippen molar-refractivity contribution in [1.82, 2.24) is 15.4 Å². The maximum Gasteiger partial charge on any atom is 0.236 e. The Balaban J connectivity index is 1.83. The predicted octanol–water partition coefficient (Wildman–Crippen LogP) is 0.713. The van der Waals surface area contributed by atoms with Crippen LogP contribution in [0.5, 0.6) is 5.88 Å². The zero-order valence-electron chi connectivity index (χ0n) is 10.4. The smallest absolute Gasteiger partial charge is 0.236 e. The Morgan fingerprint density at radius 2 is 2.06 bits per heavy atom. The molecule has 1 fully saturated rings. The Bertz CT molecular complexity index is 399. The summed E-state index contributed by atoms with van der Waals surface area (Å²) in [6.07, 6.45) is 6.71. The second kappa shape index (κ2) is 5.77. The van der Waals surface area contributed by atoms with E-state index in [1.807, 2.05) is 6.92 Å². The van der Waals surface area contributed by atoms with Crippen LogP contribution in [0.25, 0.3) is 0 Å². The van der Waals surface area contributed by atoms with E-state index in [9.17, 15) is 4.79 Å². The lowest BCUT2D eigenvalue weighted by molar-refractivity contribution is -0.126. The van der Waals surface area contributed by atoms with Gasteiger partial charge in [-0.15, -0.1) is 0 Å². The third-order valence-corrected chi connectivity index (χ3v) is 3.23. The third kappa shape index (κ3) is 3.16. The minimum atomic E-state index is -0.0800. The standard InChI is InChI=1S/C12H18N4O2/c1-8-6-15-11(7-14-8)18-10-4-2-9(3-5-10)12(17)16-13/h6-7,9-10H,2-5,13H2,1H3,(H,16,17). The van der Waals surface area contributed by atoms with Crippen LogP contribution in [0, 0.1) is 12.8 Å². The molecule has 1 amide bonds. The van der Waals surface area contributed by atoms with E-state index in [0.29, 0.717) is 5.88 Å². The Labute approximate surface area is 106 Å². The van der Waals surface area contributed by atoms with Gasteiger partial charge in [-0.1, -0.05) is 0 Å². The Hall–Kier alpha value is -1.69. The van der Waals surface area contributed by atoms with E-state index in [1.165, 1.54) is 0 Å². The van der Waals surface area contributed by atoms with Crippen LogP contribution in [-0.2, 0) is 4.79 Å². The summed E-state index contributed by atoms with van der Waals surface area (Å²) >= 11 is 0. The fraction of sp³-hybridized carbons (Fsp3) is 0.583. The molecule has 1 aromatic heterocycles. The zero-order valence-corrected chi connectivity index (χ0v) is 10.4. The molecule has 0 aromatic carbocycles. The number of amides is 1. The van der Waals surface area contributed by atoms with Gasteiger partial charge < -0.3 is 4.74 Å². The van der Waals surface area contributed by atoms with E-state index in [0.717, 1.165) is 31.4 Å². The van der Waals surface area contributed by atoms with Gasteiger partial charge in [0, 0.05) is 5.92 Å². The van der Waals surface area contributed by atoms with E-state index in [4.69, 9.17) is 10.6 Å². The van der Waals surface area contributed by atoms with Gasteiger partial charge in [-0.25, -0.2) is 10.8 Å². The molecule has 6 nitrogen and oxygen atoms in total. The molecule has 1 saturated carbocycles. The zero-order chi connectivity index (χ0) is 13.0. The van der Waals surface area contributed by atoms with Gasteiger partial charge in [-0.05, 0) is 32.6 Å². The van der Waals surface area contributed by atoms with Crippen molar-refractivity contribution in [1.29, 1.82) is 0 Å². The molecule has 0 bridgehead atoms. The molecule has 0 unspecified atom stereocenters. The number of hydrogen-bond donors (Lipinski definition) is 2. The van der Waals surface area contributed by atoms with Gasteiger partial charge in [0.2, 0.25) is 11.8 Å². The molecule has 3 N–H and O–H groups in total. The normalized spacial score (nSPS) is 23.4. The number of carbonyl (C=O) groups is 1. The number of nitrogens with two attached hydrogens (primary N) is 1. The summed E-state index contributed by atoms with van der Waals surface area (Å²) in [7, 11) is 0. The van der Waals surface area contributed by atoms with E-state index in [1.54, 1.807) is 12.4 Å². The molecule has 0 saturated heterocycles. The van der Waals surface area contributed by atoms with Crippen molar-refractivity contribution in [3.8, 4) is 5.88 Å². The van der Waals surface area contributed by atoms with Crippen LogP contribution in [0.4, 0.5) is 0 Å². The van der Waals surface area contributed by atoms with E-state index < -0.39 is 0 Å². The minimum Gasteiger partial charge on any atom is -0.473 e. The van der Waals surface area contributed by atoms with Crippen molar-refractivity contribution < 1.29 is 9.53 Å². The summed E-state index contributed by atoms with van der Waals surface area (Å²) in [5.41, 5.74) is 3.07. The monoisotopic (exact) mass is 250 g/mol. The van der Waals surface area contributed by atoms with Crippen molar-refractivity contribution in [3.63, 3.8) is 0 Å².